The van der Waals surface area contributed by atoms with Crippen molar-refractivity contribution in [3.63, 3.8) is 0 Å². The molecule has 1 aromatic heterocycles. The molecule has 5 aromatic carbocycles. The van der Waals surface area contributed by atoms with Crippen LogP contribution in [-0.4, -0.2) is 10.6 Å². The molecule has 2 nitrogen and oxygen atoms in total. The number of hydrogen-bond acceptors (Lipinski definition) is 2. The zero-order chi connectivity index (χ0) is 29.7. The van der Waals surface area contributed by atoms with Crippen molar-refractivity contribution in [3.8, 4) is 28.1 Å². The summed E-state index contributed by atoms with van der Waals surface area (Å²) in [6.45, 7) is 4.66. The molecular weight excluding hydrogens is 553 g/mol. The van der Waals surface area contributed by atoms with E-state index in [4.69, 9.17) is 9.72 Å². The second kappa shape index (κ2) is 10.6. The summed E-state index contributed by atoms with van der Waals surface area (Å²) in [6.07, 6.45) is 6.44. The topological polar surface area (TPSA) is 22.1 Å². The minimum Gasteiger partial charge on any atom is -0.484 e. The molecule has 0 saturated carbocycles. The van der Waals surface area contributed by atoms with Gasteiger partial charge in [0.1, 0.15) is 11.3 Å². The molecule has 6 aromatic rings. The third-order valence-corrected chi connectivity index (χ3v) is 12.2. The number of pyridine rings is 1. The molecule has 0 N–H and O–H groups in total. The highest BCUT2D eigenvalue weighted by molar-refractivity contribution is 7.79. The molecule has 44 heavy (non-hydrogen) atoms. The molecule has 2 aliphatic rings. The third kappa shape index (κ3) is 4.32. The smallest absolute Gasteiger partial charge is 0.151 e. The summed E-state index contributed by atoms with van der Waals surface area (Å²) in [5.41, 5.74) is 6.30. The molecule has 1 aliphatic heterocycles. The Bertz CT molecular complexity index is 1960. The van der Waals surface area contributed by atoms with Crippen molar-refractivity contribution in [2.75, 3.05) is 0 Å². The van der Waals surface area contributed by atoms with Gasteiger partial charge >= 0.3 is 0 Å². The van der Waals surface area contributed by atoms with E-state index >= 15 is 0 Å². The first-order valence-electron chi connectivity index (χ1n) is 15.4. The highest BCUT2D eigenvalue weighted by Gasteiger charge is 2.56. The summed E-state index contributed by atoms with van der Waals surface area (Å²) in [7, 11) is -0.640. The van der Waals surface area contributed by atoms with Crippen LogP contribution < -0.4 is 20.7 Å². The lowest BCUT2D eigenvalue weighted by Gasteiger charge is -2.41. The predicted molar refractivity (Wildman–Crippen MR) is 186 cm³/mol. The van der Waals surface area contributed by atoms with E-state index in [1.807, 2.05) is 0 Å². The molecule has 2 heterocycles. The van der Waals surface area contributed by atoms with Crippen molar-refractivity contribution in [1.29, 1.82) is 0 Å². The fraction of sp³-hybridized carbons (Fsp3) is 0.146. The van der Waals surface area contributed by atoms with E-state index in [1.165, 1.54) is 38.0 Å². The SMILES string of the molecule is CC12CC=CCC1(C)c1c(c(-c3ccccc3)nc3ccc(-c4ccc(P(c5ccccc5)c5ccccc5)cc4)cc13)O2. The third-order valence-electron chi connectivity index (χ3n) is 9.72. The van der Waals surface area contributed by atoms with Gasteiger partial charge in [0.15, 0.2) is 5.75 Å². The number of fused-ring (bicyclic) bond motifs is 5. The molecule has 2 atom stereocenters. The second-order valence-corrected chi connectivity index (χ2v) is 14.6. The Labute approximate surface area is 260 Å². The van der Waals surface area contributed by atoms with Gasteiger partial charge in [-0.15, -0.1) is 0 Å². The van der Waals surface area contributed by atoms with Crippen LogP contribution in [0.5, 0.6) is 5.75 Å². The molecule has 0 amide bonds. The Morgan fingerprint density at radius 3 is 1.82 bits per heavy atom. The fourth-order valence-electron chi connectivity index (χ4n) is 7.08. The average Bonchev–Trinajstić information content (AvgIpc) is 3.33. The van der Waals surface area contributed by atoms with Crippen molar-refractivity contribution in [1.82, 2.24) is 4.98 Å². The first-order chi connectivity index (χ1) is 21.5. The molecule has 0 spiro atoms. The van der Waals surface area contributed by atoms with Crippen molar-refractivity contribution in [2.45, 2.75) is 37.7 Å². The van der Waals surface area contributed by atoms with Gasteiger partial charge in [0.05, 0.1) is 5.52 Å². The van der Waals surface area contributed by atoms with Gasteiger partial charge in [-0.05, 0) is 60.4 Å². The van der Waals surface area contributed by atoms with Crippen LogP contribution in [0.15, 0.2) is 146 Å². The van der Waals surface area contributed by atoms with Crippen LogP contribution >= 0.6 is 7.92 Å². The molecule has 3 heteroatoms. The van der Waals surface area contributed by atoms with Crippen LogP contribution in [-0.2, 0) is 5.41 Å². The molecule has 2 unspecified atom stereocenters. The van der Waals surface area contributed by atoms with Gasteiger partial charge in [0.25, 0.3) is 0 Å². The van der Waals surface area contributed by atoms with E-state index in [2.05, 4.69) is 159 Å². The Hall–Kier alpha value is -4.52. The molecule has 8 rings (SSSR count). The van der Waals surface area contributed by atoms with E-state index in [1.54, 1.807) is 0 Å². The summed E-state index contributed by atoms with van der Waals surface area (Å²) in [4.78, 5) is 5.23. The zero-order valence-corrected chi connectivity index (χ0v) is 26.0. The second-order valence-electron chi connectivity index (χ2n) is 12.4. The van der Waals surface area contributed by atoms with E-state index in [0.717, 1.165) is 35.4 Å². The maximum atomic E-state index is 6.96. The van der Waals surface area contributed by atoms with E-state index in [0.29, 0.717) is 0 Å². The lowest BCUT2D eigenvalue weighted by Crippen LogP contribution is -2.48. The summed E-state index contributed by atoms with van der Waals surface area (Å²) in [5, 5.41) is 5.27. The van der Waals surface area contributed by atoms with Gasteiger partial charge in [-0.25, -0.2) is 4.98 Å². The molecule has 214 valence electrons. The maximum absolute atomic E-state index is 6.96. The van der Waals surface area contributed by atoms with Gasteiger partial charge in [-0.3, -0.25) is 0 Å². The average molecular weight is 588 g/mol. The first kappa shape index (κ1) is 27.1. The number of allylic oxidation sites excluding steroid dienone is 1. The van der Waals surface area contributed by atoms with Crippen LogP contribution in [0, 0.1) is 0 Å². The number of aromatic nitrogens is 1. The first-order valence-corrected chi connectivity index (χ1v) is 16.8. The minimum absolute atomic E-state index is 0.147. The lowest BCUT2D eigenvalue weighted by atomic mass is 9.64. The summed E-state index contributed by atoms with van der Waals surface area (Å²) in [6, 6.07) is 48.2. The number of rotatable bonds is 5. The Kier molecular flexibility index (Phi) is 6.51. The van der Waals surface area contributed by atoms with E-state index in [9.17, 15) is 0 Å². The molecule has 0 radical (unpaired) electrons. The van der Waals surface area contributed by atoms with E-state index in [-0.39, 0.29) is 11.0 Å². The normalized spacial score (nSPS) is 20.3. The zero-order valence-electron chi connectivity index (χ0n) is 25.1. The Morgan fingerprint density at radius 1 is 0.591 bits per heavy atom. The molecule has 0 saturated heterocycles. The highest BCUT2D eigenvalue weighted by Crippen LogP contribution is 2.59. The number of ether oxygens (including phenoxy) is 1. The van der Waals surface area contributed by atoms with Crippen LogP contribution in [0.4, 0.5) is 0 Å². The Morgan fingerprint density at radius 2 is 1.16 bits per heavy atom. The highest BCUT2D eigenvalue weighted by atomic mass is 31.1. The predicted octanol–water partition coefficient (Wildman–Crippen LogP) is 9.09. The van der Waals surface area contributed by atoms with Crippen LogP contribution in [0.3, 0.4) is 0 Å². The van der Waals surface area contributed by atoms with Crippen molar-refractivity contribution in [3.05, 3.63) is 151 Å². The van der Waals surface area contributed by atoms with Gasteiger partial charge in [0, 0.05) is 28.3 Å². The van der Waals surface area contributed by atoms with Crippen LogP contribution in [0.2, 0.25) is 0 Å². The van der Waals surface area contributed by atoms with Crippen LogP contribution in [0.25, 0.3) is 33.3 Å². The molecule has 0 bridgehead atoms. The van der Waals surface area contributed by atoms with Crippen molar-refractivity contribution < 1.29 is 4.74 Å². The monoisotopic (exact) mass is 587 g/mol. The standard InChI is InChI=1S/C41H34NOP/c1-40-26-12-13-27-41(40,2)43-39-37(40)35-28-31(22-25-36(35)42-38(39)30-14-6-3-7-15-30)29-20-23-34(24-21-29)44(32-16-8-4-9-17-32)33-18-10-5-11-19-33/h3-25,28H,26-27H2,1-2H3. The summed E-state index contributed by atoms with van der Waals surface area (Å²) >= 11 is 0. The van der Waals surface area contributed by atoms with E-state index < -0.39 is 7.92 Å². The number of benzene rings is 5. The maximum Gasteiger partial charge on any atom is 0.151 e. The van der Waals surface area contributed by atoms with Crippen molar-refractivity contribution >= 4 is 34.7 Å². The largest absolute Gasteiger partial charge is 0.484 e. The van der Waals surface area contributed by atoms with Gasteiger partial charge < -0.3 is 4.74 Å². The number of hydrogen-bond donors (Lipinski definition) is 0. The fourth-order valence-corrected chi connectivity index (χ4v) is 9.37. The molecular formula is C41H34NOP. The Balaban J connectivity index is 1.25. The quantitative estimate of drug-likeness (QED) is 0.148. The van der Waals surface area contributed by atoms with Gasteiger partial charge in [0.2, 0.25) is 0 Å². The minimum atomic E-state index is -0.640. The molecule has 1 aliphatic carbocycles. The van der Waals surface area contributed by atoms with Gasteiger partial charge in [-0.2, -0.15) is 0 Å². The number of nitrogens with zero attached hydrogens (tertiary/aromatic N) is 1. The summed E-state index contributed by atoms with van der Waals surface area (Å²) < 4.78 is 6.96. The van der Waals surface area contributed by atoms with Crippen molar-refractivity contribution in [2.24, 2.45) is 0 Å². The lowest BCUT2D eigenvalue weighted by molar-refractivity contribution is 0.0418. The van der Waals surface area contributed by atoms with Crippen LogP contribution in [0.1, 0.15) is 32.3 Å². The van der Waals surface area contributed by atoms with Gasteiger partial charge in [-0.1, -0.05) is 140 Å². The summed E-state index contributed by atoms with van der Waals surface area (Å²) in [5.74, 6) is 0.946. The molecule has 0 fully saturated rings.